The first kappa shape index (κ1) is 14.7. The van der Waals surface area contributed by atoms with E-state index >= 15 is 0 Å². The maximum atomic E-state index is 5.66. The van der Waals surface area contributed by atoms with Crippen molar-refractivity contribution in [3.8, 4) is 0 Å². The van der Waals surface area contributed by atoms with Crippen LogP contribution in [0.4, 0.5) is 0 Å². The van der Waals surface area contributed by atoms with Gasteiger partial charge in [0.15, 0.2) is 0 Å². The van der Waals surface area contributed by atoms with Crippen molar-refractivity contribution in [2.75, 3.05) is 5.75 Å². The maximum absolute atomic E-state index is 5.66. The SMILES string of the molecule is Cc1nc(SCC(C)C(N)=S)c2c(C)c(C)sc2n1. The van der Waals surface area contributed by atoms with E-state index in [1.165, 1.54) is 15.8 Å². The largest absolute Gasteiger partial charge is 0.393 e. The second-order valence-corrected chi connectivity index (χ2v) is 7.34. The summed E-state index contributed by atoms with van der Waals surface area (Å²) in [7, 11) is 0. The van der Waals surface area contributed by atoms with E-state index < -0.39 is 0 Å². The van der Waals surface area contributed by atoms with Crippen molar-refractivity contribution in [3.05, 3.63) is 16.3 Å². The van der Waals surface area contributed by atoms with Crippen molar-refractivity contribution in [1.29, 1.82) is 0 Å². The number of thiocarbonyl (C=S) groups is 1. The lowest BCUT2D eigenvalue weighted by atomic mass is 10.2. The van der Waals surface area contributed by atoms with Crippen LogP contribution in [0.3, 0.4) is 0 Å². The molecular formula is C13H17N3S3. The molecule has 0 bridgehead atoms. The van der Waals surface area contributed by atoms with Crippen molar-refractivity contribution in [3.63, 3.8) is 0 Å². The minimum absolute atomic E-state index is 0.213. The van der Waals surface area contributed by atoms with E-state index in [4.69, 9.17) is 18.0 Å². The van der Waals surface area contributed by atoms with Crippen LogP contribution in [0, 0.1) is 26.7 Å². The lowest BCUT2D eigenvalue weighted by molar-refractivity contribution is 0.903. The van der Waals surface area contributed by atoms with Crippen LogP contribution in [0.5, 0.6) is 0 Å². The molecule has 2 rings (SSSR count). The molecule has 0 saturated carbocycles. The lowest BCUT2D eigenvalue weighted by Crippen LogP contribution is -2.20. The average molecular weight is 312 g/mol. The number of thiophene rings is 1. The predicted octanol–water partition coefficient (Wildman–Crippen LogP) is 3.63. The van der Waals surface area contributed by atoms with Gasteiger partial charge in [-0.15, -0.1) is 23.1 Å². The number of aryl methyl sites for hydroxylation is 3. The number of hydrogen-bond donors (Lipinski definition) is 1. The van der Waals surface area contributed by atoms with Gasteiger partial charge in [0.05, 0.1) is 4.99 Å². The van der Waals surface area contributed by atoms with Crippen LogP contribution in [0.25, 0.3) is 10.2 Å². The summed E-state index contributed by atoms with van der Waals surface area (Å²) >= 11 is 8.47. The van der Waals surface area contributed by atoms with E-state index in [2.05, 4.69) is 23.8 Å². The average Bonchev–Trinajstić information content (AvgIpc) is 2.61. The third kappa shape index (κ3) is 3.07. The van der Waals surface area contributed by atoms with E-state index in [9.17, 15) is 0 Å². The number of thioether (sulfide) groups is 1. The Hall–Kier alpha value is -0.720. The quantitative estimate of drug-likeness (QED) is 0.531. The Labute approximate surface area is 127 Å². The van der Waals surface area contributed by atoms with Crippen molar-refractivity contribution >= 4 is 50.5 Å². The van der Waals surface area contributed by atoms with Crippen molar-refractivity contribution in [1.82, 2.24) is 9.97 Å². The molecule has 0 aromatic carbocycles. The number of rotatable bonds is 4. The molecule has 6 heteroatoms. The second kappa shape index (κ2) is 5.73. The molecule has 0 aliphatic rings. The zero-order valence-corrected chi connectivity index (χ0v) is 13.9. The van der Waals surface area contributed by atoms with Crippen LogP contribution in [0.2, 0.25) is 0 Å². The monoisotopic (exact) mass is 311 g/mol. The first-order valence-corrected chi connectivity index (χ1v) is 8.27. The maximum Gasteiger partial charge on any atom is 0.128 e. The molecule has 0 amide bonds. The first-order chi connectivity index (χ1) is 8.90. The summed E-state index contributed by atoms with van der Waals surface area (Å²) in [5, 5.41) is 2.24. The second-order valence-electron chi connectivity index (χ2n) is 4.65. The first-order valence-electron chi connectivity index (χ1n) is 6.06. The lowest BCUT2D eigenvalue weighted by Gasteiger charge is -2.09. The van der Waals surface area contributed by atoms with Crippen LogP contribution < -0.4 is 5.73 Å². The summed E-state index contributed by atoms with van der Waals surface area (Å²) in [6.07, 6.45) is 0. The van der Waals surface area contributed by atoms with Gasteiger partial charge in [0, 0.05) is 21.9 Å². The molecule has 0 saturated heterocycles. The highest BCUT2D eigenvalue weighted by molar-refractivity contribution is 7.99. The Morgan fingerprint density at radius 2 is 2.05 bits per heavy atom. The minimum Gasteiger partial charge on any atom is -0.393 e. The number of hydrogen-bond acceptors (Lipinski definition) is 5. The van der Waals surface area contributed by atoms with E-state index in [0.717, 1.165) is 21.4 Å². The zero-order chi connectivity index (χ0) is 14.2. The summed E-state index contributed by atoms with van der Waals surface area (Å²) in [5.74, 6) is 1.89. The van der Waals surface area contributed by atoms with Gasteiger partial charge in [0.2, 0.25) is 0 Å². The smallest absolute Gasteiger partial charge is 0.128 e. The van der Waals surface area contributed by atoms with Crippen molar-refractivity contribution in [2.45, 2.75) is 32.7 Å². The number of fused-ring (bicyclic) bond motifs is 1. The van der Waals surface area contributed by atoms with Crippen LogP contribution in [-0.2, 0) is 0 Å². The van der Waals surface area contributed by atoms with E-state index in [-0.39, 0.29) is 5.92 Å². The Morgan fingerprint density at radius 3 is 2.68 bits per heavy atom. The third-order valence-electron chi connectivity index (χ3n) is 3.06. The van der Waals surface area contributed by atoms with Gasteiger partial charge in [-0.1, -0.05) is 19.1 Å². The molecule has 2 N–H and O–H groups in total. The Balaban J connectivity index is 2.39. The van der Waals surface area contributed by atoms with Gasteiger partial charge in [0.25, 0.3) is 0 Å². The molecule has 0 aliphatic carbocycles. The molecule has 0 spiro atoms. The highest BCUT2D eigenvalue weighted by Crippen LogP contribution is 2.35. The fourth-order valence-corrected chi connectivity index (χ4v) is 4.21. The summed E-state index contributed by atoms with van der Waals surface area (Å²) in [5.41, 5.74) is 6.95. The molecule has 2 heterocycles. The fourth-order valence-electron chi connectivity index (χ4n) is 1.70. The van der Waals surface area contributed by atoms with Gasteiger partial charge >= 0.3 is 0 Å². The standard InChI is InChI=1S/C13H17N3S3/c1-6(11(14)17)5-18-12-10-7(2)8(3)19-13(10)16-9(4)15-12/h6H,5H2,1-4H3,(H2,14,17). The normalized spacial score (nSPS) is 12.8. The molecule has 3 nitrogen and oxygen atoms in total. The highest BCUT2D eigenvalue weighted by Gasteiger charge is 2.15. The van der Waals surface area contributed by atoms with Gasteiger partial charge in [-0.05, 0) is 26.3 Å². The van der Waals surface area contributed by atoms with Crippen molar-refractivity contribution < 1.29 is 0 Å². The molecule has 2 aromatic heterocycles. The number of aromatic nitrogens is 2. The Morgan fingerprint density at radius 1 is 1.37 bits per heavy atom. The highest BCUT2D eigenvalue weighted by atomic mass is 32.2. The predicted molar refractivity (Wildman–Crippen MR) is 88.3 cm³/mol. The molecule has 1 unspecified atom stereocenters. The molecular weight excluding hydrogens is 294 g/mol. The Kier molecular flexibility index (Phi) is 4.43. The number of nitrogens with zero attached hydrogens (tertiary/aromatic N) is 2. The van der Waals surface area contributed by atoms with E-state index in [0.29, 0.717) is 4.99 Å². The molecule has 102 valence electrons. The third-order valence-corrected chi connectivity index (χ3v) is 5.80. The van der Waals surface area contributed by atoms with Gasteiger partial charge in [-0.3, -0.25) is 0 Å². The molecule has 0 aliphatic heterocycles. The molecule has 2 aromatic rings. The van der Waals surface area contributed by atoms with Crippen LogP contribution in [-0.4, -0.2) is 20.7 Å². The molecule has 0 fully saturated rings. The van der Waals surface area contributed by atoms with E-state index in [1.807, 2.05) is 13.8 Å². The van der Waals surface area contributed by atoms with Gasteiger partial charge in [0.1, 0.15) is 15.7 Å². The Bertz CT molecular complexity index is 634. The molecule has 19 heavy (non-hydrogen) atoms. The van der Waals surface area contributed by atoms with Gasteiger partial charge < -0.3 is 5.73 Å². The fraction of sp³-hybridized carbons (Fsp3) is 0.462. The summed E-state index contributed by atoms with van der Waals surface area (Å²) in [6, 6.07) is 0. The summed E-state index contributed by atoms with van der Waals surface area (Å²) in [4.78, 5) is 12.0. The summed E-state index contributed by atoms with van der Waals surface area (Å²) < 4.78 is 0. The van der Waals surface area contributed by atoms with Crippen molar-refractivity contribution in [2.24, 2.45) is 11.7 Å². The summed E-state index contributed by atoms with van der Waals surface area (Å²) in [6.45, 7) is 8.24. The number of nitrogens with two attached hydrogens (primary N) is 1. The van der Waals surface area contributed by atoms with Crippen LogP contribution in [0.15, 0.2) is 5.03 Å². The van der Waals surface area contributed by atoms with Gasteiger partial charge in [-0.2, -0.15) is 0 Å². The van der Waals surface area contributed by atoms with Crippen LogP contribution >= 0.6 is 35.3 Å². The van der Waals surface area contributed by atoms with Gasteiger partial charge in [-0.25, -0.2) is 9.97 Å². The van der Waals surface area contributed by atoms with E-state index in [1.54, 1.807) is 23.1 Å². The zero-order valence-electron chi connectivity index (χ0n) is 11.5. The minimum atomic E-state index is 0.213. The van der Waals surface area contributed by atoms with Crippen LogP contribution in [0.1, 0.15) is 23.2 Å². The molecule has 0 radical (unpaired) electrons. The molecule has 1 atom stereocenters. The topological polar surface area (TPSA) is 51.8 Å².